The zero-order valence-electron chi connectivity index (χ0n) is 11.2. The van der Waals surface area contributed by atoms with Crippen LogP contribution in [0.15, 0.2) is 36.7 Å². The number of esters is 1. The normalized spacial score (nSPS) is 10.7. The van der Waals surface area contributed by atoms with E-state index in [9.17, 15) is 9.90 Å². The molecule has 3 aromatic heterocycles. The second-order valence-corrected chi connectivity index (χ2v) is 4.23. The van der Waals surface area contributed by atoms with Gasteiger partial charge in [-0.2, -0.15) is 9.61 Å². The molecule has 0 unspecified atom stereocenters. The maximum Gasteiger partial charge on any atom is 0.343 e. The standard InChI is InChI=1S/C14H12N4O3/c1-2-21-14(20)9-8-16-18-12(19)7-11(17-13(9)18)10-5-3-4-6-15-10/h3-8,19H,2H2,1H3. The molecule has 3 heterocycles. The Bertz CT molecular complexity index is 799. The van der Waals surface area contributed by atoms with Crippen molar-refractivity contribution < 1.29 is 14.6 Å². The van der Waals surface area contributed by atoms with Gasteiger partial charge in [-0.05, 0) is 19.1 Å². The number of aromatic nitrogens is 4. The smallest absolute Gasteiger partial charge is 0.343 e. The van der Waals surface area contributed by atoms with Crippen LogP contribution in [0.25, 0.3) is 17.0 Å². The summed E-state index contributed by atoms with van der Waals surface area (Å²) in [7, 11) is 0. The first-order valence-corrected chi connectivity index (χ1v) is 6.37. The van der Waals surface area contributed by atoms with Crippen LogP contribution in [0, 0.1) is 0 Å². The van der Waals surface area contributed by atoms with Crippen molar-refractivity contribution in [1.82, 2.24) is 19.6 Å². The van der Waals surface area contributed by atoms with Gasteiger partial charge < -0.3 is 9.84 Å². The zero-order chi connectivity index (χ0) is 14.8. The molecule has 0 fully saturated rings. The Morgan fingerprint density at radius 1 is 1.38 bits per heavy atom. The van der Waals surface area contributed by atoms with Crippen molar-refractivity contribution in [2.75, 3.05) is 6.61 Å². The van der Waals surface area contributed by atoms with E-state index in [1.807, 2.05) is 6.07 Å². The number of carbonyl (C=O) groups is 1. The van der Waals surface area contributed by atoms with Crippen molar-refractivity contribution in [2.45, 2.75) is 6.92 Å². The molecule has 0 spiro atoms. The fraction of sp³-hybridized carbons (Fsp3) is 0.143. The number of hydrogen-bond acceptors (Lipinski definition) is 6. The first-order chi connectivity index (χ1) is 10.2. The highest BCUT2D eigenvalue weighted by atomic mass is 16.5. The first-order valence-electron chi connectivity index (χ1n) is 6.37. The number of hydrogen-bond donors (Lipinski definition) is 1. The molecule has 0 aliphatic carbocycles. The second kappa shape index (κ2) is 5.20. The maximum atomic E-state index is 11.9. The number of rotatable bonds is 3. The lowest BCUT2D eigenvalue weighted by molar-refractivity contribution is 0.0528. The van der Waals surface area contributed by atoms with Crippen molar-refractivity contribution in [3.8, 4) is 17.3 Å². The van der Waals surface area contributed by atoms with E-state index in [1.165, 1.54) is 16.8 Å². The van der Waals surface area contributed by atoms with Crippen LogP contribution in [0.4, 0.5) is 0 Å². The summed E-state index contributed by atoms with van der Waals surface area (Å²) in [5.41, 5.74) is 1.47. The Morgan fingerprint density at radius 3 is 2.95 bits per heavy atom. The lowest BCUT2D eigenvalue weighted by Gasteiger charge is -2.04. The summed E-state index contributed by atoms with van der Waals surface area (Å²) in [6, 6.07) is 6.80. The predicted molar refractivity (Wildman–Crippen MR) is 73.8 cm³/mol. The van der Waals surface area contributed by atoms with E-state index in [-0.39, 0.29) is 23.7 Å². The van der Waals surface area contributed by atoms with Gasteiger partial charge in [0, 0.05) is 12.3 Å². The van der Waals surface area contributed by atoms with Gasteiger partial charge in [-0.1, -0.05) is 6.07 Å². The molecular formula is C14H12N4O3. The van der Waals surface area contributed by atoms with Crippen LogP contribution >= 0.6 is 0 Å². The van der Waals surface area contributed by atoms with Gasteiger partial charge in [-0.15, -0.1) is 0 Å². The van der Waals surface area contributed by atoms with Gasteiger partial charge in [0.05, 0.1) is 24.2 Å². The summed E-state index contributed by atoms with van der Waals surface area (Å²) in [5, 5.41) is 14.0. The third kappa shape index (κ3) is 2.29. The fourth-order valence-electron chi connectivity index (χ4n) is 1.95. The van der Waals surface area contributed by atoms with Crippen LogP contribution in [0.1, 0.15) is 17.3 Å². The molecule has 0 aliphatic heterocycles. The maximum absolute atomic E-state index is 11.9. The van der Waals surface area contributed by atoms with Crippen molar-refractivity contribution in [1.29, 1.82) is 0 Å². The van der Waals surface area contributed by atoms with Crippen LogP contribution < -0.4 is 0 Å². The Morgan fingerprint density at radius 2 is 2.24 bits per heavy atom. The van der Waals surface area contributed by atoms with Crippen LogP contribution in [0.3, 0.4) is 0 Å². The average Bonchev–Trinajstić information content (AvgIpc) is 2.93. The van der Waals surface area contributed by atoms with Gasteiger partial charge in [0.2, 0.25) is 5.88 Å². The lowest BCUT2D eigenvalue weighted by Crippen LogP contribution is -2.05. The zero-order valence-corrected chi connectivity index (χ0v) is 11.2. The van der Waals surface area contributed by atoms with Crippen LogP contribution in [0.5, 0.6) is 5.88 Å². The third-order valence-electron chi connectivity index (χ3n) is 2.88. The molecule has 0 saturated carbocycles. The molecule has 0 radical (unpaired) electrons. The van der Waals surface area contributed by atoms with Gasteiger partial charge in [-0.25, -0.2) is 9.78 Å². The van der Waals surface area contributed by atoms with Crippen LogP contribution in [-0.2, 0) is 4.74 Å². The molecule has 0 aromatic carbocycles. The quantitative estimate of drug-likeness (QED) is 0.736. The van der Waals surface area contributed by atoms with Gasteiger partial charge in [0.1, 0.15) is 5.56 Å². The fourth-order valence-corrected chi connectivity index (χ4v) is 1.95. The van der Waals surface area contributed by atoms with Crippen molar-refractivity contribution >= 4 is 11.6 Å². The second-order valence-electron chi connectivity index (χ2n) is 4.23. The van der Waals surface area contributed by atoms with Crippen molar-refractivity contribution in [2.24, 2.45) is 0 Å². The molecule has 7 heteroatoms. The highest BCUT2D eigenvalue weighted by Crippen LogP contribution is 2.23. The van der Waals surface area contributed by atoms with Gasteiger partial charge in [0.25, 0.3) is 0 Å². The molecule has 3 aromatic rings. The summed E-state index contributed by atoms with van der Waals surface area (Å²) < 4.78 is 6.13. The average molecular weight is 284 g/mol. The van der Waals surface area contributed by atoms with E-state index in [4.69, 9.17) is 4.74 Å². The molecule has 0 amide bonds. The Labute approximate surface area is 119 Å². The molecule has 0 saturated heterocycles. The van der Waals surface area contributed by atoms with Crippen LogP contribution in [0.2, 0.25) is 0 Å². The minimum Gasteiger partial charge on any atom is -0.493 e. The molecule has 0 aliphatic rings. The Kier molecular flexibility index (Phi) is 3.23. The minimum atomic E-state index is -0.530. The number of fused-ring (bicyclic) bond motifs is 1. The number of nitrogens with zero attached hydrogens (tertiary/aromatic N) is 4. The van der Waals surface area contributed by atoms with E-state index in [2.05, 4.69) is 15.1 Å². The topological polar surface area (TPSA) is 89.6 Å². The molecule has 0 atom stereocenters. The number of pyridine rings is 1. The number of carbonyl (C=O) groups excluding carboxylic acids is 1. The highest BCUT2D eigenvalue weighted by molar-refractivity contribution is 5.96. The predicted octanol–water partition coefficient (Wildman–Crippen LogP) is 1.67. The van der Waals surface area contributed by atoms with E-state index in [1.54, 1.807) is 25.3 Å². The molecular weight excluding hydrogens is 272 g/mol. The van der Waals surface area contributed by atoms with Crippen molar-refractivity contribution in [3.05, 3.63) is 42.2 Å². The Hall–Kier alpha value is -2.96. The number of aromatic hydroxyl groups is 1. The van der Waals surface area contributed by atoms with E-state index < -0.39 is 5.97 Å². The minimum absolute atomic E-state index is 0.129. The van der Waals surface area contributed by atoms with Gasteiger partial charge >= 0.3 is 5.97 Å². The first kappa shape index (κ1) is 13.0. The summed E-state index contributed by atoms with van der Waals surface area (Å²) in [4.78, 5) is 20.4. The Balaban J connectivity index is 2.17. The summed E-state index contributed by atoms with van der Waals surface area (Å²) >= 11 is 0. The molecule has 106 valence electrons. The SMILES string of the molecule is CCOC(=O)c1cnn2c(O)cc(-c3ccccn3)nc12. The van der Waals surface area contributed by atoms with E-state index in [0.717, 1.165) is 0 Å². The van der Waals surface area contributed by atoms with Gasteiger partial charge in [0.15, 0.2) is 5.65 Å². The summed E-state index contributed by atoms with van der Waals surface area (Å²) in [6.07, 6.45) is 2.95. The lowest BCUT2D eigenvalue weighted by atomic mass is 10.2. The molecule has 7 nitrogen and oxygen atoms in total. The van der Waals surface area contributed by atoms with E-state index in [0.29, 0.717) is 11.4 Å². The summed E-state index contributed by atoms with van der Waals surface area (Å²) in [5.74, 6) is -0.659. The van der Waals surface area contributed by atoms with Crippen molar-refractivity contribution in [3.63, 3.8) is 0 Å². The molecule has 1 N–H and O–H groups in total. The summed E-state index contributed by atoms with van der Waals surface area (Å²) in [6.45, 7) is 1.97. The molecule has 21 heavy (non-hydrogen) atoms. The van der Waals surface area contributed by atoms with Crippen LogP contribution in [-0.4, -0.2) is 37.3 Å². The van der Waals surface area contributed by atoms with Gasteiger partial charge in [-0.3, -0.25) is 4.98 Å². The number of ether oxygens (including phenoxy) is 1. The monoisotopic (exact) mass is 284 g/mol. The third-order valence-corrected chi connectivity index (χ3v) is 2.88. The molecule has 0 bridgehead atoms. The van der Waals surface area contributed by atoms with E-state index >= 15 is 0 Å². The largest absolute Gasteiger partial charge is 0.493 e. The highest BCUT2D eigenvalue weighted by Gasteiger charge is 2.18. The molecule has 3 rings (SSSR count).